The van der Waals surface area contributed by atoms with E-state index in [-0.39, 0.29) is 18.5 Å². The van der Waals surface area contributed by atoms with Crippen LogP contribution in [-0.2, 0) is 14.3 Å². The zero-order valence-electron chi connectivity index (χ0n) is 37.1. The van der Waals surface area contributed by atoms with Crippen molar-refractivity contribution in [2.24, 2.45) is 0 Å². The fraction of sp³-hybridized carbons (Fsp3) is 0.840. The lowest BCUT2D eigenvalue weighted by Crippen LogP contribution is -2.45. The fourth-order valence-electron chi connectivity index (χ4n) is 7.09. The van der Waals surface area contributed by atoms with Gasteiger partial charge in [0.25, 0.3) is 0 Å². The lowest BCUT2D eigenvalue weighted by Gasteiger charge is -2.20. The minimum atomic E-state index is -0.862. The van der Waals surface area contributed by atoms with Crippen molar-refractivity contribution in [3.63, 3.8) is 0 Å². The van der Waals surface area contributed by atoms with E-state index in [9.17, 15) is 19.8 Å². The monoisotopic (exact) mass is 788 g/mol. The van der Waals surface area contributed by atoms with Gasteiger partial charge in [-0.25, -0.2) is 0 Å². The molecule has 0 aliphatic heterocycles. The SMILES string of the molecule is CCCCC/C=C\CCCCCCCC(=O)OCCCC/C=C\CCCCCCCC(=O)NC(CO)C(O)/C=C/CCCCCCCCCCCCCCCC. The molecule has 0 bridgehead atoms. The number of carbonyl (C=O) groups excluding carboxylic acids is 2. The van der Waals surface area contributed by atoms with E-state index in [1.54, 1.807) is 6.08 Å². The molecule has 56 heavy (non-hydrogen) atoms. The van der Waals surface area contributed by atoms with Gasteiger partial charge < -0.3 is 20.3 Å². The lowest BCUT2D eigenvalue weighted by molar-refractivity contribution is -0.143. The van der Waals surface area contributed by atoms with Crippen molar-refractivity contribution >= 4 is 11.9 Å². The van der Waals surface area contributed by atoms with E-state index in [1.165, 1.54) is 135 Å². The molecular formula is C50H93NO5. The number of carbonyl (C=O) groups is 2. The summed E-state index contributed by atoms with van der Waals surface area (Å²) in [6, 6.07) is -0.649. The quantitative estimate of drug-likeness (QED) is 0.0325. The van der Waals surface area contributed by atoms with Crippen molar-refractivity contribution in [1.29, 1.82) is 0 Å². The minimum Gasteiger partial charge on any atom is -0.466 e. The van der Waals surface area contributed by atoms with Crippen LogP contribution in [0.4, 0.5) is 0 Å². The molecule has 0 heterocycles. The van der Waals surface area contributed by atoms with Crippen LogP contribution < -0.4 is 5.32 Å². The smallest absolute Gasteiger partial charge is 0.305 e. The second-order valence-electron chi connectivity index (χ2n) is 16.4. The van der Waals surface area contributed by atoms with Gasteiger partial charge in [-0.15, -0.1) is 0 Å². The number of aliphatic hydroxyl groups is 2. The summed E-state index contributed by atoms with van der Waals surface area (Å²) in [6.45, 7) is 4.79. The van der Waals surface area contributed by atoms with Crippen molar-refractivity contribution in [3.05, 3.63) is 36.5 Å². The number of allylic oxidation sites excluding steroid dienone is 5. The van der Waals surface area contributed by atoms with Gasteiger partial charge in [-0.05, 0) is 83.5 Å². The predicted octanol–water partition coefficient (Wildman–Crippen LogP) is 14.1. The van der Waals surface area contributed by atoms with Gasteiger partial charge in [0.2, 0.25) is 5.91 Å². The first-order valence-electron chi connectivity index (χ1n) is 24.3. The highest BCUT2D eigenvalue weighted by Gasteiger charge is 2.18. The van der Waals surface area contributed by atoms with Gasteiger partial charge in [0.05, 0.1) is 25.4 Å². The normalized spacial score (nSPS) is 13.0. The second-order valence-corrected chi connectivity index (χ2v) is 16.4. The molecule has 0 rings (SSSR count). The first-order chi connectivity index (χ1) is 27.5. The number of rotatable bonds is 44. The summed E-state index contributed by atoms with van der Waals surface area (Å²) in [5, 5.41) is 23.0. The van der Waals surface area contributed by atoms with Gasteiger partial charge in [0.1, 0.15) is 0 Å². The summed E-state index contributed by atoms with van der Waals surface area (Å²) >= 11 is 0. The third-order valence-corrected chi connectivity index (χ3v) is 10.9. The number of hydrogen-bond acceptors (Lipinski definition) is 5. The molecule has 1 amide bonds. The molecule has 2 atom stereocenters. The standard InChI is InChI=1S/C50H93NO5/c1-3-5-7-9-11-13-15-17-18-19-20-22-26-30-34-38-42-48(53)47(46-52)51-49(54)43-39-35-31-27-23-21-25-29-33-37-41-45-56-50(55)44-40-36-32-28-24-16-14-12-10-8-6-4-2/h12,14,25,29,38,42,47-48,52-53H,3-11,13,15-24,26-28,30-37,39-41,43-46H2,1-2H3,(H,51,54)/b14-12-,29-25-,42-38+. The number of aliphatic hydroxyl groups excluding tert-OH is 2. The van der Waals surface area contributed by atoms with E-state index in [1.807, 2.05) is 6.08 Å². The Bertz CT molecular complexity index is 915. The number of nitrogens with one attached hydrogen (secondary N) is 1. The van der Waals surface area contributed by atoms with Crippen LogP contribution in [0.2, 0.25) is 0 Å². The van der Waals surface area contributed by atoms with Crippen molar-refractivity contribution < 1.29 is 24.5 Å². The van der Waals surface area contributed by atoms with Crippen molar-refractivity contribution in [1.82, 2.24) is 5.32 Å². The summed E-state index contributed by atoms with van der Waals surface area (Å²) in [5.74, 6) is -0.142. The molecule has 0 aromatic rings. The van der Waals surface area contributed by atoms with Crippen LogP contribution in [0.15, 0.2) is 36.5 Å². The second kappa shape index (κ2) is 45.8. The topological polar surface area (TPSA) is 95.9 Å². The molecule has 0 spiro atoms. The summed E-state index contributed by atoms with van der Waals surface area (Å²) in [5.41, 5.74) is 0. The maximum absolute atomic E-state index is 12.4. The molecule has 0 saturated carbocycles. The van der Waals surface area contributed by atoms with Crippen LogP contribution in [0.5, 0.6) is 0 Å². The average molecular weight is 788 g/mol. The van der Waals surface area contributed by atoms with E-state index in [0.717, 1.165) is 83.5 Å². The molecule has 6 nitrogen and oxygen atoms in total. The zero-order chi connectivity index (χ0) is 40.8. The Labute approximate surface area is 347 Å². The Morgan fingerprint density at radius 3 is 1.30 bits per heavy atom. The van der Waals surface area contributed by atoms with Crippen LogP contribution in [0, 0.1) is 0 Å². The average Bonchev–Trinajstić information content (AvgIpc) is 3.20. The molecule has 0 aliphatic carbocycles. The molecular weight excluding hydrogens is 695 g/mol. The zero-order valence-corrected chi connectivity index (χ0v) is 37.1. The van der Waals surface area contributed by atoms with Crippen molar-refractivity contribution in [2.45, 2.75) is 257 Å². The Morgan fingerprint density at radius 2 is 0.839 bits per heavy atom. The van der Waals surface area contributed by atoms with Gasteiger partial charge >= 0.3 is 5.97 Å². The van der Waals surface area contributed by atoms with E-state index in [0.29, 0.717) is 19.4 Å². The Balaban J connectivity index is 3.58. The highest BCUT2D eigenvalue weighted by molar-refractivity contribution is 5.76. The van der Waals surface area contributed by atoms with Gasteiger partial charge in [-0.3, -0.25) is 9.59 Å². The number of unbranched alkanes of at least 4 members (excludes halogenated alkanes) is 29. The van der Waals surface area contributed by atoms with Gasteiger partial charge in [0, 0.05) is 12.8 Å². The first-order valence-corrected chi connectivity index (χ1v) is 24.3. The molecule has 328 valence electrons. The molecule has 0 saturated heterocycles. The molecule has 0 aromatic heterocycles. The minimum absolute atomic E-state index is 0.0438. The molecule has 2 unspecified atom stereocenters. The van der Waals surface area contributed by atoms with E-state index in [4.69, 9.17) is 4.74 Å². The maximum Gasteiger partial charge on any atom is 0.305 e. The molecule has 0 aliphatic rings. The van der Waals surface area contributed by atoms with E-state index < -0.39 is 12.1 Å². The maximum atomic E-state index is 12.4. The van der Waals surface area contributed by atoms with Crippen LogP contribution in [0.1, 0.15) is 245 Å². The molecule has 0 aromatic carbocycles. The summed E-state index contributed by atoms with van der Waals surface area (Å²) < 4.78 is 5.41. The van der Waals surface area contributed by atoms with E-state index >= 15 is 0 Å². The third-order valence-electron chi connectivity index (χ3n) is 10.9. The summed E-state index contributed by atoms with van der Waals surface area (Å²) in [7, 11) is 0. The number of ether oxygens (including phenoxy) is 1. The van der Waals surface area contributed by atoms with Crippen molar-refractivity contribution in [2.75, 3.05) is 13.2 Å². The highest BCUT2D eigenvalue weighted by Crippen LogP contribution is 2.15. The number of hydrogen-bond donors (Lipinski definition) is 3. The number of esters is 1. The van der Waals surface area contributed by atoms with E-state index in [2.05, 4.69) is 43.5 Å². The Hall–Kier alpha value is -1.92. The highest BCUT2D eigenvalue weighted by atomic mass is 16.5. The van der Waals surface area contributed by atoms with Crippen LogP contribution in [-0.4, -0.2) is 47.4 Å². The molecule has 0 fully saturated rings. The van der Waals surface area contributed by atoms with Gasteiger partial charge in [-0.1, -0.05) is 185 Å². The largest absolute Gasteiger partial charge is 0.466 e. The summed E-state index contributed by atoms with van der Waals surface area (Å²) in [4.78, 5) is 24.4. The first kappa shape index (κ1) is 54.1. The lowest BCUT2D eigenvalue weighted by atomic mass is 10.0. The van der Waals surface area contributed by atoms with Crippen molar-refractivity contribution in [3.8, 4) is 0 Å². The third kappa shape index (κ3) is 41.7. The molecule has 0 radical (unpaired) electrons. The van der Waals surface area contributed by atoms with Crippen LogP contribution >= 0.6 is 0 Å². The number of amides is 1. The Kier molecular flexibility index (Phi) is 44.2. The van der Waals surface area contributed by atoms with Gasteiger partial charge in [0.15, 0.2) is 0 Å². The fourth-order valence-corrected chi connectivity index (χ4v) is 7.09. The Morgan fingerprint density at radius 1 is 0.482 bits per heavy atom. The van der Waals surface area contributed by atoms with Crippen LogP contribution in [0.3, 0.4) is 0 Å². The summed E-state index contributed by atoms with van der Waals surface area (Å²) in [6.07, 6.45) is 54.2. The van der Waals surface area contributed by atoms with Gasteiger partial charge in [-0.2, -0.15) is 0 Å². The predicted molar refractivity (Wildman–Crippen MR) is 241 cm³/mol. The molecule has 6 heteroatoms. The van der Waals surface area contributed by atoms with Crippen LogP contribution in [0.25, 0.3) is 0 Å². The molecule has 3 N–H and O–H groups in total.